The summed E-state index contributed by atoms with van der Waals surface area (Å²) in [6.07, 6.45) is -0.330. The Morgan fingerprint density at radius 3 is 3.05 bits per heavy atom. The zero-order valence-corrected chi connectivity index (χ0v) is 12.7. The van der Waals surface area contributed by atoms with Crippen LogP contribution in [0.5, 0.6) is 0 Å². The zero-order valence-electron chi connectivity index (χ0n) is 11.9. The van der Waals surface area contributed by atoms with Gasteiger partial charge in [-0.3, -0.25) is 4.79 Å². The molecule has 6 heteroatoms. The molecule has 112 valence electrons. The van der Waals surface area contributed by atoms with Crippen molar-refractivity contribution in [1.29, 1.82) is 5.26 Å². The molecule has 2 atom stereocenters. The molecule has 21 heavy (non-hydrogen) atoms. The van der Waals surface area contributed by atoms with E-state index in [4.69, 9.17) is 10.00 Å². The minimum atomic E-state index is -0.330. The fourth-order valence-electron chi connectivity index (χ4n) is 2.24. The summed E-state index contributed by atoms with van der Waals surface area (Å²) in [4.78, 5) is 15.3. The summed E-state index contributed by atoms with van der Waals surface area (Å²) in [5.41, 5.74) is 0.600. The fraction of sp³-hybridized carbons (Fsp3) is 0.467. The molecule has 1 aromatic rings. The van der Waals surface area contributed by atoms with E-state index in [0.717, 1.165) is 4.90 Å². The van der Waals surface area contributed by atoms with Crippen LogP contribution < -0.4 is 0 Å². The summed E-state index contributed by atoms with van der Waals surface area (Å²) < 4.78 is 5.46. The molecule has 1 aliphatic heterocycles. The molecule has 1 fully saturated rings. The standard InChI is InChI=1S/C15H18N2O3S/c1-11-10-20-12(9-18)8-17(11)15(19)13-4-2-3-5-14(13)21-7-6-16/h2-5,11-12,18H,7-10H2,1H3. The molecule has 1 heterocycles. The van der Waals surface area contributed by atoms with Crippen molar-refractivity contribution in [2.75, 3.05) is 25.5 Å². The molecule has 1 aliphatic rings. The quantitative estimate of drug-likeness (QED) is 0.854. The van der Waals surface area contributed by atoms with E-state index < -0.39 is 0 Å². The first kappa shape index (κ1) is 15.8. The lowest BCUT2D eigenvalue weighted by Gasteiger charge is -2.37. The van der Waals surface area contributed by atoms with Gasteiger partial charge in [-0.25, -0.2) is 0 Å². The lowest BCUT2D eigenvalue weighted by atomic mass is 10.1. The molecule has 2 unspecified atom stereocenters. The molecule has 0 aromatic heterocycles. The van der Waals surface area contributed by atoms with Crippen molar-refractivity contribution in [3.05, 3.63) is 29.8 Å². The number of morpholine rings is 1. The maximum atomic E-state index is 12.7. The van der Waals surface area contributed by atoms with Crippen molar-refractivity contribution in [1.82, 2.24) is 4.90 Å². The number of amides is 1. The van der Waals surface area contributed by atoms with Crippen molar-refractivity contribution in [2.24, 2.45) is 0 Å². The Kier molecular flexibility index (Phi) is 5.62. The van der Waals surface area contributed by atoms with Gasteiger partial charge in [0.1, 0.15) is 0 Å². The number of hydrogen-bond donors (Lipinski definition) is 1. The van der Waals surface area contributed by atoms with Crippen LogP contribution in [-0.4, -0.2) is 53.6 Å². The predicted molar refractivity (Wildman–Crippen MR) is 80.1 cm³/mol. The second-order valence-corrected chi connectivity index (χ2v) is 5.90. The maximum Gasteiger partial charge on any atom is 0.255 e. The number of carbonyl (C=O) groups is 1. The van der Waals surface area contributed by atoms with Crippen LogP contribution in [0.15, 0.2) is 29.2 Å². The highest BCUT2D eigenvalue weighted by atomic mass is 32.2. The third-order valence-corrected chi connectivity index (χ3v) is 4.32. The first-order valence-corrected chi connectivity index (χ1v) is 7.78. The highest BCUT2D eigenvalue weighted by Crippen LogP contribution is 2.25. The van der Waals surface area contributed by atoms with Crippen molar-refractivity contribution >= 4 is 17.7 Å². The Morgan fingerprint density at radius 1 is 1.57 bits per heavy atom. The van der Waals surface area contributed by atoms with Crippen LogP contribution in [0.4, 0.5) is 0 Å². The minimum absolute atomic E-state index is 0.0330. The fourth-order valence-corrected chi connectivity index (χ4v) is 2.95. The highest BCUT2D eigenvalue weighted by molar-refractivity contribution is 7.99. The molecular formula is C15H18N2O3S. The Hall–Kier alpha value is -1.55. The van der Waals surface area contributed by atoms with Gasteiger partial charge in [-0.1, -0.05) is 12.1 Å². The third-order valence-electron chi connectivity index (χ3n) is 3.38. The third kappa shape index (κ3) is 3.76. The molecule has 0 bridgehead atoms. The summed E-state index contributed by atoms with van der Waals surface area (Å²) in [5, 5.41) is 17.9. The molecule has 1 aromatic carbocycles. The number of thioether (sulfide) groups is 1. The molecule has 1 N–H and O–H groups in total. The van der Waals surface area contributed by atoms with Gasteiger partial charge in [-0.05, 0) is 19.1 Å². The van der Waals surface area contributed by atoms with Gasteiger partial charge >= 0.3 is 0 Å². The number of aliphatic hydroxyl groups is 1. The summed E-state index contributed by atoms with van der Waals surface area (Å²) in [5.74, 6) is 0.229. The SMILES string of the molecule is CC1COC(CO)CN1C(=O)c1ccccc1SCC#N. The van der Waals surface area contributed by atoms with Crippen LogP contribution in [0.3, 0.4) is 0 Å². The van der Waals surface area contributed by atoms with Crippen LogP contribution in [0.1, 0.15) is 17.3 Å². The Labute approximate surface area is 128 Å². The first-order chi connectivity index (χ1) is 10.2. The summed E-state index contributed by atoms with van der Waals surface area (Å²) in [6, 6.07) is 9.34. The van der Waals surface area contributed by atoms with Crippen LogP contribution in [-0.2, 0) is 4.74 Å². The van der Waals surface area contributed by atoms with Gasteiger partial charge in [-0.2, -0.15) is 5.26 Å². The molecule has 0 radical (unpaired) electrons. The molecule has 2 rings (SSSR count). The topological polar surface area (TPSA) is 73.6 Å². The molecular weight excluding hydrogens is 288 g/mol. The smallest absolute Gasteiger partial charge is 0.255 e. The Balaban J connectivity index is 2.20. The van der Waals surface area contributed by atoms with Gasteiger partial charge in [0, 0.05) is 11.4 Å². The first-order valence-electron chi connectivity index (χ1n) is 6.79. The van der Waals surface area contributed by atoms with E-state index >= 15 is 0 Å². The van der Waals surface area contributed by atoms with Crippen molar-refractivity contribution in [2.45, 2.75) is 24.0 Å². The van der Waals surface area contributed by atoms with Crippen molar-refractivity contribution < 1.29 is 14.6 Å². The van der Waals surface area contributed by atoms with E-state index in [1.165, 1.54) is 11.8 Å². The lowest BCUT2D eigenvalue weighted by Crippen LogP contribution is -2.52. The number of aliphatic hydroxyl groups excluding tert-OH is 1. The lowest BCUT2D eigenvalue weighted by molar-refractivity contribution is -0.0668. The number of carbonyl (C=O) groups excluding carboxylic acids is 1. The van der Waals surface area contributed by atoms with E-state index in [1.54, 1.807) is 11.0 Å². The molecule has 0 spiro atoms. The van der Waals surface area contributed by atoms with Crippen molar-refractivity contribution in [3.63, 3.8) is 0 Å². The monoisotopic (exact) mass is 306 g/mol. The maximum absolute atomic E-state index is 12.7. The van der Waals surface area contributed by atoms with E-state index in [2.05, 4.69) is 6.07 Å². The zero-order chi connectivity index (χ0) is 15.2. The number of hydrogen-bond acceptors (Lipinski definition) is 5. The van der Waals surface area contributed by atoms with Crippen LogP contribution >= 0.6 is 11.8 Å². The second kappa shape index (κ2) is 7.46. The van der Waals surface area contributed by atoms with Gasteiger partial charge in [0.05, 0.1) is 42.7 Å². The summed E-state index contributed by atoms with van der Waals surface area (Å²) >= 11 is 1.36. The Bertz CT molecular complexity index is 544. The number of benzene rings is 1. The molecule has 5 nitrogen and oxygen atoms in total. The predicted octanol–water partition coefficient (Wildman–Crippen LogP) is 1.52. The number of ether oxygens (including phenoxy) is 1. The number of rotatable bonds is 4. The van der Waals surface area contributed by atoms with Gasteiger partial charge in [0.15, 0.2) is 0 Å². The van der Waals surface area contributed by atoms with E-state index in [9.17, 15) is 9.90 Å². The molecule has 1 amide bonds. The average Bonchev–Trinajstić information content (AvgIpc) is 2.53. The van der Waals surface area contributed by atoms with E-state index in [1.807, 2.05) is 25.1 Å². The van der Waals surface area contributed by atoms with Gasteiger partial charge in [0.2, 0.25) is 0 Å². The van der Waals surface area contributed by atoms with Gasteiger partial charge in [-0.15, -0.1) is 11.8 Å². The van der Waals surface area contributed by atoms with Crippen LogP contribution in [0.25, 0.3) is 0 Å². The minimum Gasteiger partial charge on any atom is -0.394 e. The normalized spacial score (nSPS) is 21.9. The average molecular weight is 306 g/mol. The molecule has 1 saturated heterocycles. The van der Waals surface area contributed by atoms with Gasteiger partial charge < -0.3 is 14.7 Å². The van der Waals surface area contributed by atoms with Crippen molar-refractivity contribution in [3.8, 4) is 6.07 Å². The number of nitriles is 1. The highest BCUT2D eigenvalue weighted by Gasteiger charge is 2.30. The molecule has 0 aliphatic carbocycles. The molecule has 0 saturated carbocycles. The second-order valence-electron chi connectivity index (χ2n) is 4.89. The van der Waals surface area contributed by atoms with Crippen LogP contribution in [0.2, 0.25) is 0 Å². The number of nitrogens with zero attached hydrogens (tertiary/aromatic N) is 2. The summed E-state index contributed by atoms with van der Waals surface area (Å²) in [6.45, 7) is 2.64. The largest absolute Gasteiger partial charge is 0.394 e. The van der Waals surface area contributed by atoms with Gasteiger partial charge in [0.25, 0.3) is 5.91 Å². The van der Waals surface area contributed by atoms with Crippen LogP contribution in [0, 0.1) is 11.3 Å². The summed E-state index contributed by atoms with van der Waals surface area (Å²) in [7, 11) is 0. The van der Waals surface area contributed by atoms with E-state index in [0.29, 0.717) is 24.5 Å². The van der Waals surface area contributed by atoms with E-state index in [-0.39, 0.29) is 24.7 Å². The Morgan fingerprint density at radius 2 is 2.33 bits per heavy atom.